The van der Waals surface area contributed by atoms with Gasteiger partial charge in [0.05, 0.1) is 11.0 Å². The molecule has 0 saturated carbocycles. The van der Waals surface area contributed by atoms with Crippen LogP contribution in [0, 0.1) is 12.9 Å². The highest BCUT2D eigenvalue weighted by Crippen LogP contribution is 2.14. The minimum Gasteiger partial charge on any atom is -0.350 e. The van der Waals surface area contributed by atoms with Crippen molar-refractivity contribution in [3.05, 3.63) is 65.6 Å². The number of aromatic nitrogens is 4. The van der Waals surface area contributed by atoms with Gasteiger partial charge in [-0.2, -0.15) is 4.39 Å². The van der Waals surface area contributed by atoms with E-state index in [4.69, 9.17) is 0 Å². The second kappa shape index (κ2) is 6.01. The van der Waals surface area contributed by atoms with Crippen molar-refractivity contribution in [2.45, 2.75) is 13.3 Å². The lowest BCUT2D eigenvalue weighted by Gasteiger charge is -2.02. The molecule has 3 aromatic heterocycles. The quantitative estimate of drug-likeness (QED) is 0.601. The van der Waals surface area contributed by atoms with Crippen LogP contribution in [0.4, 0.5) is 4.39 Å². The fourth-order valence-electron chi connectivity index (χ4n) is 2.86. The zero-order valence-corrected chi connectivity index (χ0v) is 13.6. The third-order valence-electron chi connectivity index (χ3n) is 4.08. The van der Waals surface area contributed by atoms with Gasteiger partial charge in [-0.25, -0.2) is 9.97 Å². The Labute approximate surface area is 142 Å². The molecule has 0 saturated heterocycles. The highest BCUT2D eigenvalue weighted by molar-refractivity contribution is 5.93. The van der Waals surface area contributed by atoms with E-state index >= 15 is 0 Å². The molecule has 0 unspecified atom stereocenters. The predicted octanol–water partition coefficient (Wildman–Crippen LogP) is 2.63. The number of carbonyl (C=O) groups is 1. The number of benzene rings is 1. The highest BCUT2D eigenvalue weighted by atomic mass is 19.1. The van der Waals surface area contributed by atoms with Gasteiger partial charge in [-0.05, 0) is 31.2 Å². The van der Waals surface area contributed by atoms with Crippen LogP contribution >= 0.6 is 0 Å². The third kappa shape index (κ3) is 2.73. The molecule has 4 aromatic rings. The molecule has 0 bridgehead atoms. The standard InChI is InChI=1S/C18H16FN5O/c1-11-5-4-8-15-23-16(17(19)24(11)15)18(25)20-10-9-14-21-12-6-2-3-7-13(12)22-14/h2-8H,9-10H2,1H3,(H,20,25)(H,21,22). The maximum Gasteiger partial charge on any atom is 0.274 e. The van der Waals surface area contributed by atoms with Gasteiger partial charge in [0.1, 0.15) is 11.5 Å². The molecular formula is C18H16FN5O. The fourth-order valence-corrected chi connectivity index (χ4v) is 2.86. The van der Waals surface area contributed by atoms with Crippen molar-refractivity contribution < 1.29 is 9.18 Å². The summed E-state index contributed by atoms with van der Waals surface area (Å²) in [6.45, 7) is 2.10. The number of hydrogen-bond acceptors (Lipinski definition) is 3. The summed E-state index contributed by atoms with van der Waals surface area (Å²) in [7, 11) is 0. The number of aryl methyl sites for hydroxylation is 1. The Morgan fingerprint density at radius 1 is 1.20 bits per heavy atom. The SMILES string of the molecule is Cc1cccc2nc(C(=O)NCCc3nc4ccccc4[nH]3)c(F)n12. The van der Waals surface area contributed by atoms with Gasteiger partial charge in [-0.3, -0.25) is 9.20 Å². The summed E-state index contributed by atoms with van der Waals surface area (Å²) >= 11 is 0. The summed E-state index contributed by atoms with van der Waals surface area (Å²) < 4.78 is 15.8. The second-order valence-corrected chi connectivity index (χ2v) is 5.82. The molecule has 0 aliphatic carbocycles. The molecule has 0 aliphatic rings. The van der Waals surface area contributed by atoms with E-state index in [1.54, 1.807) is 25.1 Å². The molecular weight excluding hydrogens is 321 g/mol. The summed E-state index contributed by atoms with van der Waals surface area (Å²) in [4.78, 5) is 24.0. The number of hydrogen-bond donors (Lipinski definition) is 2. The number of nitrogens with one attached hydrogen (secondary N) is 2. The monoisotopic (exact) mass is 337 g/mol. The number of carbonyl (C=O) groups excluding carboxylic acids is 1. The molecule has 2 N–H and O–H groups in total. The Bertz CT molecular complexity index is 1050. The summed E-state index contributed by atoms with van der Waals surface area (Å²) in [5.74, 6) is -0.404. The number of halogens is 1. The number of H-pyrrole nitrogens is 1. The van der Waals surface area contributed by atoms with E-state index < -0.39 is 11.9 Å². The second-order valence-electron chi connectivity index (χ2n) is 5.82. The van der Waals surface area contributed by atoms with E-state index in [2.05, 4.69) is 20.3 Å². The molecule has 1 aromatic carbocycles. The zero-order chi connectivity index (χ0) is 17.4. The van der Waals surface area contributed by atoms with Crippen molar-refractivity contribution >= 4 is 22.6 Å². The van der Waals surface area contributed by atoms with Crippen molar-refractivity contribution in [1.82, 2.24) is 24.7 Å². The van der Waals surface area contributed by atoms with Gasteiger partial charge in [0.15, 0.2) is 5.69 Å². The van der Waals surface area contributed by atoms with Gasteiger partial charge < -0.3 is 10.3 Å². The van der Waals surface area contributed by atoms with E-state index in [-0.39, 0.29) is 5.69 Å². The molecule has 0 spiro atoms. The summed E-state index contributed by atoms with van der Waals surface area (Å²) in [6.07, 6.45) is 0.522. The van der Waals surface area contributed by atoms with E-state index in [0.717, 1.165) is 16.9 Å². The molecule has 6 nitrogen and oxygen atoms in total. The van der Waals surface area contributed by atoms with Gasteiger partial charge in [-0.15, -0.1) is 0 Å². The first-order valence-corrected chi connectivity index (χ1v) is 7.99. The number of imidazole rings is 2. The van der Waals surface area contributed by atoms with Crippen LogP contribution in [0.2, 0.25) is 0 Å². The van der Waals surface area contributed by atoms with E-state index in [9.17, 15) is 9.18 Å². The normalized spacial score (nSPS) is 11.3. The molecule has 7 heteroatoms. The van der Waals surface area contributed by atoms with Crippen molar-refractivity contribution in [3.63, 3.8) is 0 Å². The van der Waals surface area contributed by atoms with Gasteiger partial charge >= 0.3 is 0 Å². The van der Waals surface area contributed by atoms with E-state index in [0.29, 0.717) is 24.3 Å². The zero-order valence-electron chi connectivity index (χ0n) is 13.6. The van der Waals surface area contributed by atoms with Gasteiger partial charge in [0.25, 0.3) is 5.91 Å². The molecule has 3 heterocycles. The van der Waals surface area contributed by atoms with Crippen molar-refractivity contribution in [2.24, 2.45) is 0 Å². The number of nitrogens with zero attached hydrogens (tertiary/aromatic N) is 3. The lowest BCUT2D eigenvalue weighted by atomic mass is 10.3. The van der Waals surface area contributed by atoms with Crippen molar-refractivity contribution in [1.29, 1.82) is 0 Å². The molecule has 1 amide bonds. The third-order valence-corrected chi connectivity index (χ3v) is 4.08. The number of para-hydroxylation sites is 2. The van der Waals surface area contributed by atoms with E-state index in [1.165, 1.54) is 4.40 Å². The maximum atomic E-state index is 14.5. The van der Waals surface area contributed by atoms with Crippen LogP contribution < -0.4 is 5.32 Å². The number of rotatable bonds is 4. The Kier molecular flexibility index (Phi) is 3.68. The van der Waals surface area contributed by atoms with Crippen molar-refractivity contribution in [3.8, 4) is 0 Å². The first-order chi connectivity index (χ1) is 12.1. The molecule has 4 rings (SSSR count). The summed E-state index contributed by atoms with van der Waals surface area (Å²) in [5, 5.41) is 2.70. The van der Waals surface area contributed by atoms with Crippen LogP contribution in [-0.2, 0) is 6.42 Å². The Morgan fingerprint density at radius 2 is 2.04 bits per heavy atom. The molecule has 0 fully saturated rings. The fraction of sp³-hybridized carbons (Fsp3) is 0.167. The Morgan fingerprint density at radius 3 is 2.84 bits per heavy atom. The van der Waals surface area contributed by atoms with Gasteiger partial charge in [0.2, 0.25) is 5.95 Å². The average molecular weight is 337 g/mol. The van der Waals surface area contributed by atoms with Crippen LogP contribution in [0.15, 0.2) is 42.5 Å². The Balaban J connectivity index is 1.47. The van der Waals surface area contributed by atoms with Crippen molar-refractivity contribution in [2.75, 3.05) is 6.54 Å². The average Bonchev–Trinajstić information content (AvgIpc) is 3.16. The van der Waals surface area contributed by atoms with Gasteiger partial charge in [-0.1, -0.05) is 18.2 Å². The number of pyridine rings is 1. The molecule has 0 aliphatic heterocycles. The molecule has 0 atom stereocenters. The Hall–Kier alpha value is -3.22. The first kappa shape index (κ1) is 15.3. The van der Waals surface area contributed by atoms with Crippen LogP contribution in [0.25, 0.3) is 16.7 Å². The number of fused-ring (bicyclic) bond motifs is 2. The first-order valence-electron chi connectivity index (χ1n) is 7.99. The summed E-state index contributed by atoms with van der Waals surface area (Å²) in [6, 6.07) is 12.9. The number of aromatic amines is 1. The largest absolute Gasteiger partial charge is 0.350 e. The lowest BCUT2D eigenvalue weighted by Crippen LogP contribution is -2.27. The number of amides is 1. The maximum absolute atomic E-state index is 14.5. The molecule has 126 valence electrons. The van der Waals surface area contributed by atoms with E-state index in [1.807, 2.05) is 24.3 Å². The topological polar surface area (TPSA) is 75.1 Å². The predicted molar refractivity (Wildman–Crippen MR) is 92.0 cm³/mol. The highest BCUT2D eigenvalue weighted by Gasteiger charge is 2.19. The van der Waals surface area contributed by atoms with Crippen LogP contribution in [0.3, 0.4) is 0 Å². The smallest absolute Gasteiger partial charge is 0.274 e. The lowest BCUT2D eigenvalue weighted by molar-refractivity contribution is 0.0945. The van der Waals surface area contributed by atoms with Crippen LogP contribution in [0.5, 0.6) is 0 Å². The minimum absolute atomic E-state index is 0.195. The summed E-state index contributed by atoms with van der Waals surface area (Å²) in [5.41, 5.74) is 2.74. The van der Waals surface area contributed by atoms with Crippen LogP contribution in [0.1, 0.15) is 22.0 Å². The van der Waals surface area contributed by atoms with Crippen LogP contribution in [-0.4, -0.2) is 31.8 Å². The molecule has 0 radical (unpaired) electrons. The molecule has 25 heavy (non-hydrogen) atoms. The minimum atomic E-state index is -0.644. The van der Waals surface area contributed by atoms with Gasteiger partial charge in [0, 0.05) is 18.7 Å².